The quantitative estimate of drug-likeness (QED) is 0.179. The van der Waals surface area contributed by atoms with Gasteiger partial charge in [0.2, 0.25) is 7.28 Å². The Hall–Kier alpha value is -5.82. The van der Waals surface area contributed by atoms with Crippen molar-refractivity contribution in [1.29, 1.82) is 0 Å². The van der Waals surface area contributed by atoms with Gasteiger partial charge in [-0.3, -0.25) is 0 Å². The van der Waals surface area contributed by atoms with Crippen molar-refractivity contribution in [2.75, 3.05) is 5.32 Å². The number of hydrogen-bond donors (Lipinski definition) is 1. The van der Waals surface area contributed by atoms with E-state index in [0.29, 0.717) is 7.28 Å². The number of nitrogens with one attached hydrogen (secondary N) is 1. The lowest BCUT2D eigenvalue weighted by molar-refractivity contribution is 0.332. The van der Waals surface area contributed by atoms with E-state index >= 15 is 0 Å². The molecule has 2 aliphatic rings. The molecule has 1 aliphatic heterocycles. The predicted molar refractivity (Wildman–Crippen MR) is 291 cm³/mol. The third-order valence-electron chi connectivity index (χ3n) is 15.6. The number of furan rings is 1. The van der Waals surface area contributed by atoms with Gasteiger partial charge >= 0.3 is 0 Å². The van der Waals surface area contributed by atoms with E-state index in [1.54, 1.807) is 0 Å². The molecule has 0 spiro atoms. The van der Waals surface area contributed by atoms with Crippen LogP contribution < -0.4 is 16.4 Å². The van der Waals surface area contributed by atoms with Crippen molar-refractivity contribution in [1.82, 2.24) is 4.57 Å². The van der Waals surface area contributed by atoms with Crippen molar-refractivity contribution in [3.05, 3.63) is 138 Å². The van der Waals surface area contributed by atoms with Crippen LogP contribution in [0.3, 0.4) is 0 Å². The lowest BCUT2D eigenvalue weighted by atomic mass is 9.61. The molecule has 0 radical (unpaired) electrons. The summed E-state index contributed by atoms with van der Waals surface area (Å²) in [5.41, 5.74) is 17.7. The summed E-state index contributed by atoms with van der Waals surface area (Å²) in [5.74, 6) is 0. The van der Waals surface area contributed by atoms with Gasteiger partial charge in [0.1, 0.15) is 5.58 Å². The van der Waals surface area contributed by atoms with Crippen LogP contribution >= 0.6 is 22.7 Å². The number of aromatic nitrogens is 1. The molecule has 3 nitrogen and oxygen atoms in total. The Morgan fingerprint density at radius 2 is 1.26 bits per heavy atom. The molecule has 4 aromatic heterocycles. The average molecular weight is 895 g/mol. The Kier molecular flexibility index (Phi) is 8.23. The van der Waals surface area contributed by atoms with Crippen LogP contribution in [-0.2, 0) is 21.7 Å². The maximum Gasteiger partial charge on any atom is 0.244 e. The van der Waals surface area contributed by atoms with Crippen LogP contribution in [0, 0.1) is 0 Å². The monoisotopic (exact) mass is 894 g/mol. The van der Waals surface area contributed by atoms with Crippen LogP contribution in [0.2, 0.25) is 0 Å². The van der Waals surface area contributed by atoms with E-state index in [4.69, 9.17) is 4.42 Å². The Morgan fingerprint density at radius 3 is 1.97 bits per heavy atom. The summed E-state index contributed by atoms with van der Waals surface area (Å²) in [6.07, 6.45) is 2.34. The van der Waals surface area contributed by atoms with E-state index in [0.717, 1.165) is 29.0 Å². The van der Waals surface area contributed by atoms with Gasteiger partial charge in [0.05, 0.1) is 22.4 Å². The molecule has 13 rings (SSSR count). The summed E-state index contributed by atoms with van der Waals surface area (Å²) in [5, 5.41) is 13.2. The third kappa shape index (κ3) is 5.73. The van der Waals surface area contributed by atoms with E-state index in [-0.39, 0.29) is 21.7 Å². The van der Waals surface area contributed by atoms with Crippen molar-refractivity contribution in [2.24, 2.45) is 0 Å². The fourth-order valence-electron chi connectivity index (χ4n) is 11.7. The number of fused-ring (bicyclic) bond motifs is 15. The maximum atomic E-state index is 7.17. The Balaban J connectivity index is 1.22. The highest BCUT2D eigenvalue weighted by Crippen LogP contribution is 2.54. The van der Waals surface area contributed by atoms with Crippen molar-refractivity contribution < 1.29 is 4.42 Å². The van der Waals surface area contributed by atoms with Crippen molar-refractivity contribution in [3.8, 4) is 16.8 Å². The molecule has 0 saturated carbocycles. The first kappa shape index (κ1) is 40.5. The third-order valence-corrected chi connectivity index (χ3v) is 17.9. The van der Waals surface area contributed by atoms with Gasteiger partial charge in [-0.25, -0.2) is 0 Å². The second-order valence-electron chi connectivity index (χ2n) is 22.9. The van der Waals surface area contributed by atoms with Crippen LogP contribution in [0.25, 0.3) is 89.9 Å². The minimum absolute atomic E-state index is 0.00891. The Morgan fingerprint density at radius 1 is 0.606 bits per heavy atom. The summed E-state index contributed by atoms with van der Waals surface area (Å²) < 4.78 is 15.1. The highest BCUT2D eigenvalue weighted by molar-refractivity contribution is 7.27. The van der Waals surface area contributed by atoms with Crippen LogP contribution in [0.1, 0.15) is 104 Å². The fraction of sp³-hybridized carbons (Fsp3) is 0.267. The van der Waals surface area contributed by atoms with Crippen LogP contribution in [-0.4, -0.2) is 11.8 Å². The van der Waals surface area contributed by atoms with E-state index in [1.807, 2.05) is 22.7 Å². The van der Waals surface area contributed by atoms with Gasteiger partial charge in [-0.05, 0) is 128 Å². The number of hydrogen-bond acceptors (Lipinski definition) is 4. The van der Waals surface area contributed by atoms with Gasteiger partial charge in [-0.1, -0.05) is 124 Å². The lowest BCUT2D eigenvalue weighted by Gasteiger charge is -2.42. The standard InChI is InChI=1S/C60H55BN2OS2/c1-57(2,3)32-19-22-34(23-20-32)62-43-31-48-37(35-15-11-13-17-46(35)65-48)28-38(43)49-50-36-16-12-14-18-47(36)66-55(50)51-39-29-41-42(60(9,10)26-25-59(41,7)8)30-44(39)63-53-40-27-33(58(4,5)6)21-24-45(40)64-56(53)61-52(49)54(51)63/h11-24,27-31,61-62H,25-26H2,1-10H3. The van der Waals surface area contributed by atoms with Crippen molar-refractivity contribution in [3.63, 3.8) is 0 Å². The maximum absolute atomic E-state index is 7.17. The van der Waals surface area contributed by atoms with Gasteiger partial charge in [-0.15, -0.1) is 22.7 Å². The summed E-state index contributed by atoms with van der Waals surface area (Å²) in [6.45, 7) is 23.7. The van der Waals surface area contributed by atoms with Gasteiger partial charge < -0.3 is 14.3 Å². The predicted octanol–water partition coefficient (Wildman–Crippen LogP) is 16.3. The molecule has 7 aromatic carbocycles. The SMILES string of the molecule is CC(C)(C)c1ccc(Nc2cc3sc4ccccc4c3cc2-c2c3c4c(c5cc6c(cc5n4-c4c(oc5ccc(C(C)(C)C)cc45)B3)C(C)(C)CCC6(C)C)c3sc4ccccc4c23)cc1. The van der Waals surface area contributed by atoms with E-state index in [9.17, 15) is 0 Å². The van der Waals surface area contributed by atoms with Crippen LogP contribution in [0.5, 0.6) is 0 Å². The summed E-state index contributed by atoms with van der Waals surface area (Å²) in [7, 11) is 0.690. The molecule has 0 atom stereocenters. The van der Waals surface area contributed by atoms with Gasteiger partial charge in [0.15, 0.2) is 0 Å². The molecule has 326 valence electrons. The molecule has 0 fully saturated rings. The van der Waals surface area contributed by atoms with Crippen LogP contribution in [0.15, 0.2) is 120 Å². The zero-order chi connectivity index (χ0) is 45.4. The first-order valence-electron chi connectivity index (χ1n) is 23.8. The minimum atomic E-state index is -0.00891. The molecular formula is C60H55BN2OS2. The Labute approximate surface area is 395 Å². The first-order valence-corrected chi connectivity index (χ1v) is 25.5. The highest BCUT2D eigenvalue weighted by atomic mass is 32.1. The van der Waals surface area contributed by atoms with Gasteiger partial charge in [0.25, 0.3) is 0 Å². The fourth-order valence-corrected chi connectivity index (χ4v) is 14.1. The van der Waals surface area contributed by atoms with E-state index in [2.05, 4.69) is 194 Å². The molecular weight excluding hydrogens is 840 g/mol. The summed E-state index contributed by atoms with van der Waals surface area (Å²) >= 11 is 3.85. The molecule has 0 bridgehead atoms. The molecule has 0 saturated heterocycles. The number of rotatable bonds is 3. The van der Waals surface area contributed by atoms with E-state index < -0.39 is 0 Å². The normalized spacial score (nSPS) is 15.7. The molecule has 0 unspecified atom stereocenters. The highest BCUT2D eigenvalue weighted by Gasteiger charge is 2.40. The number of thiophene rings is 2. The van der Waals surface area contributed by atoms with Crippen molar-refractivity contribution in [2.45, 2.75) is 104 Å². The zero-order valence-corrected chi connectivity index (χ0v) is 41.4. The lowest BCUT2D eigenvalue weighted by Crippen LogP contribution is -2.36. The first-order chi connectivity index (χ1) is 31.4. The molecule has 0 amide bonds. The van der Waals surface area contributed by atoms with Crippen molar-refractivity contribution >= 4 is 126 Å². The van der Waals surface area contributed by atoms with Gasteiger partial charge in [-0.2, -0.15) is 0 Å². The van der Waals surface area contributed by atoms with E-state index in [1.165, 1.54) is 118 Å². The Bertz CT molecular complexity index is 3890. The topological polar surface area (TPSA) is 30.1 Å². The summed E-state index contributed by atoms with van der Waals surface area (Å²) in [6, 6.07) is 44.3. The number of benzene rings is 7. The molecule has 1 N–H and O–H groups in total. The molecule has 6 heteroatoms. The molecule has 5 heterocycles. The zero-order valence-electron chi connectivity index (χ0n) is 39.8. The molecule has 66 heavy (non-hydrogen) atoms. The minimum Gasteiger partial charge on any atom is -0.469 e. The molecule has 11 aromatic rings. The molecule has 1 aliphatic carbocycles. The number of nitrogens with zero attached hydrogens (tertiary/aromatic N) is 1. The average Bonchev–Trinajstić information content (AvgIpc) is 4.03. The van der Waals surface area contributed by atoms with Gasteiger partial charge in [0, 0.05) is 73.4 Å². The second kappa shape index (κ2) is 13.4. The largest absolute Gasteiger partial charge is 0.469 e. The summed E-state index contributed by atoms with van der Waals surface area (Å²) in [4.78, 5) is 0. The smallest absolute Gasteiger partial charge is 0.244 e. The number of anilines is 2. The van der Waals surface area contributed by atoms with Crippen LogP contribution in [0.4, 0.5) is 11.4 Å². The second-order valence-corrected chi connectivity index (χ2v) is 25.0.